The maximum atomic E-state index is 5.50. The van der Waals surface area contributed by atoms with Crippen LogP contribution < -0.4 is 5.73 Å². The van der Waals surface area contributed by atoms with E-state index < -0.39 is 0 Å². The van der Waals surface area contributed by atoms with Crippen LogP contribution in [0.3, 0.4) is 0 Å². The number of aliphatic imine (C=N–C) groups is 1. The van der Waals surface area contributed by atoms with Crippen molar-refractivity contribution in [1.82, 2.24) is 9.97 Å². The highest BCUT2D eigenvalue weighted by Crippen LogP contribution is 2.40. The molecular weight excluding hydrogens is 188 g/mol. The molecule has 15 heavy (non-hydrogen) atoms. The molecule has 0 bridgehead atoms. The molecule has 0 saturated heterocycles. The molecule has 0 aromatic carbocycles. The van der Waals surface area contributed by atoms with E-state index in [4.69, 9.17) is 5.73 Å². The van der Waals surface area contributed by atoms with E-state index in [9.17, 15) is 0 Å². The van der Waals surface area contributed by atoms with Crippen LogP contribution in [-0.4, -0.2) is 15.8 Å². The molecule has 0 radical (unpaired) electrons. The van der Waals surface area contributed by atoms with Gasteiger partial charge in [0.15, 0.2) is 5.82 Å². The molecule has 0 unspecified atom stereocenters. The van der Waals surface area contributed by atoms with Crippen LogP contribution in [0, 0.1) is 6.92 Å². The van der Waals surface area contributed by atoms with Crippen LogP contribution in [0.1, 0.15) is 42.9 Å². The second kappa shape index (κ2) is 3.53. The van der Waals surface area contributed by atoms with Gasteiger partial charge in [0, 0.05) is 11.6 Å². The van der Waals surface area contributed by atoms with Crippen molar-refractivity contribution >= 4 is 11.5 Å². The molecule has 0 spiro atoms. The first-order valence-corrected chi connectivity index (χ1v) is 5.14. The fourth-order valence-electron chi connectivity index (χ4n) is 1.63. The zero-order chi connectivity index (χ0) is 11.0. The van der Waals surface area contributed by atoms with Crippen molar-refractivity contribution in [3.8, 4) is 0 Å². The molecule has 1 heterocycles. The lowest BCUT2D eigenvalue weighted by Crippen LogP contribution is -2.05. The predicted molar refractivity (Wildman–Crippen MR) is 61.6 cm³/mol. The van der Waals surface area contributed by atoms with Gasteiger partial charge in [0.05, 0.1) is 11.5 Å². The maximum absolute atomic E-state index is 5.50. The molecule has 4 nitrogen and oxygen atoms in total. The van der Waals surface area contributed by atoms with Gasteiger partial charge in [-0.15, -0.1) is 0 Å². The number of hydrogen-bond donors (Lipinski definition) is 2. The molecule has 80 valence electrons. The maximum Gasteiger partial charge on any atom is 0.155 e. The Kier molecular flexibility index (Phi) is 2.34. The van der Waals surface area contributed by atoms with E-state index in [1.807, 2.05) is 6.92 Å². The Morgan fingerprint density at radius 2 is 2.27 bits per heavy atom. The molecule has 0 aliphatic heterocycles. The summed E-state index contributed by atoms with van der Waals surface area (Å²) in [4.78, 5) is 11.8. The lowest BCUT2D eigenvalue weighted by atomic mass is 10.2. The monoisotopic (exact) mass is 204 g/mol. The Morgan fingerprint density at radius 3 is 2.80 bits per heavy atom. The second-order valence-corrected chi connectivity index (χ2v) is 4.07. The fraction of sp³-hybridized carbons (Fsp3) is 0.455. The first-order valence-electron chi connectivity index (χ1n) is 5.14. The lowest BCUT2D eigenvalue weighted by Gasteiger charge is -1.94. The minimum absolute atomic E-state index is 0.502. The SMILES string of the molecule is C=C(N=C(C)N)c1nc(C2CC2)c(C)[nH]1. The topological polar surface area (TPSA) is 67.1 Å². The number of hydrogen-bond acceptors (Lipinski definition) is 2. The Balaban J connectivity index is 2.25. The number of aromatic amines is 1. The lowest BCUT2D eigenvalue weighted by molar-refractivity contribution is 1.02. The van der Waals surface area contributed by atoms with Crippen molar-refractivity contribution in [3.63, 3.8) is 0 Å². The van der Waals surface area contributed by atoms with Crippen LogP contribution >= 0.6 is 0 Å². The van der Waals surface area contributed by atoms with Crippen molar-refractivity contribution in [2.75, 3.05) is 0 Å². The van der Waals surface area contributed by atoms with Crippen molar-refractivity contribution in [1.29, 1.82) is 0 Å². The average Bonchev–Trinajstić information content (AvgIpc) is 2.89. The standard InChI is InChI=1S/C11H16N4/c1-6-10(9-4-5-9)15-11(14-6)7(2)13-8(3)12/h9H,2,4-5H2,1,3H3,(H2,12,13)(H,14,15). The summed E-state index contributed by atoms with van der Waals surface area (Å²) in [5.74, 6) is 1.88. The first-order chi connectivity index (χ1) is 7.08. The summed E-state index contributed by atoms with van der Waals surface area (Å²) in [5, 5.41) is 0. The van der Waals surface area contributed by atoms with Crippen LogP contribution in [0.4, 0.5) is 0 Å². The van der Waals surface area contributed by atoms with Crippen molar-refractivity contribution < 1.29 is 0 Å². The summed E-state index contributed by atoms with van der Waals surface area (Å²) in [7, 11) is 0. The third-order valence-corrected chi connectivity index (χ3v) is 2.47. The quantitative estimate of drug-likeness (QED) is 0.583. The number of amidine groups is 1. The van der Waals surface area contributed by atoms with Gasteiger partial charge in [-0.05, 0) is 26.7 Å². The van der Waals surface area contributed by atoms with Gasteiger partial charge in [-0.3, -0.25) is 0 Å². The van der Waals surface area contributed by atoms with Crippen LogP contribution in [-0.2, 0) is 0 Å². The minimum atomic E-state index is 0.502. The zero-order valence-corrected chi connectivity index (χ0v) is 9.17. The van der Waals surface area contributed by atoms with Crippen LogP contribution in [0.5, 0.6) is 0 Å². The first kappa shape index (κ1) is 9.96. The number of aromatic nitrogens is 2. The number of imidazole rings is 1. The zero-order valence-electron chi connectivity index (χ0n) is 9.17. The average molecular weight is 204 g/mol. The van der Waals surface area contributed by atoms with Crippen LogP contribution in [0.2, 0.25) is 0 Å². The number of nitrogens with one attached hydrogen (secondary N) is 1. The summed E-state index contributed by atoms with van der Waals surface area (Å²) in [5.41, 5.74) is 8.38. The largest absolute Gasteiger partial charge is 0.387 e. The molecule has 1 aliphatic rings. The van der Waals surface area contributed by atoms with Gasteiger partial charge in [0.1, 0.15) is 5.70 Å². The number of rotatable bonds is 3. The Labute approximate surface area is 89.3 Å². The third-order valence-electron chi connectivity index (χ3n) is 2.47. The number of nitrogens with zero attached hydrogens (tertiary/aromatic N) is 2. The molecule has 1 saturated carbocycles. The van der Waals surface area contributed by atoms with Crippen molar-refractivity contribution in [2.45, 2.75) is 32.6 Å². The minimum Gasteiger partial charge on any atom is -0.387 e. The summed E-state index contributed by atoms with van der Waals surface area (Å²) >= 11 is 0. The molecule has 1 aromatic heterocycles. The van der Waals surface area contributed by atoms with E-state index in [0.29, 0.717) is 17.5 Å². The molecule has 1 fully saturated rings. The summed E-state index contributed by atoms with van der Waals surface area (Å²) in [6, 6.07) is 0. The van der Waals surface area contributed by atoms with Gasteiger partial charge < -0.3 is 10.7 Å². The normalized spacial score (nSPS) is 16.8. The third kappa shape index (κ3) is 2.09. The predicted octanol–water partition coefficient (Wildman–Crippen LogP) is 1.94. The molecule has 2 rings (SSSR count). The van der Waals surface area contributed by atoms with Gasteiger partial charge >= 0.3 is 0 Å². The molecule has 0 atom stereocenters. The smallest absolute Gasteiger partial charge is 0.155 e. The molecular formula is C11H16N4. The molecule has 1 aliphatic carbocycles. The molecule has 1 aromatic rings. The van der Waals surface area contributed by atoms with Crippen LogP contribution in [0.25, 0.3) is 5.70 Å². The van der Waals surface area contributed by atoms with Gasteiger partial charge in [0.2, 0.25) is 0 Å². The number of aryl methyl sites for hydroxylation is 1. The van der Waals surface area contributed by atoms with Crippen molar-refractivity contribution in [2.24, 2.45) is 10.7 Å². The number of H-pyrrole nitrogens is 1. The van der Waals surface area contributed by atoms with Gasteiger partial charge in [-0.1, -0.05) is 6.58 Å². The van der Waals surface area contributed by atoms with Gasteiger partial charge in [0.25, 0.3) is 0 Å². The number of nitrogens with two attached hydrogens (primary N) is 1. The Bertz CT molecular complexity index is 420. The molecule has 4 heteroatoms. The van der Waals surface area contributed by atoms with E-state index in [2.05, 4.69) is 21.5 Å². The van der Waals surface area contributed by atoms with E-state index in [1.54, 1.807) is 6.92 Å². The molecule has 0 amide bonds. The second-order valence-electron chi connectivity index (χ2n) is 4.07. The fourth-order valence-corrected chi connectivity index (χ4v) is 1.63. The van der Waals surface area contributed by atoms with E-state index >= 15 is 0 Å². The molecule has 3 N–H and O–H groups in total. The highest BCUT2D eigenvalue weighted by Gasteiger charge is 2.28. The van der Waals surface area contributed by atoms with Gasteiger partial charge in [-0.2, -0.15) is 0 Å². The summed E-state index contributed by atoms with van der Waals surface area (Å²) in [6.07, 6.45) is 2.49. The Hall–Kier alpha value is -1.58. The summed E-state index contributed by atoms with van der Waals surface area (Å²) < 4.78 is 0. The van der Waals surface area contributed by atoms with E-state index in [1.165, 1.54) is 12.8 Å². The van der Waals surface area contributed by atoms with Gasteiger partial charge in [-0.25, -0.2) is 9.98 Å². The summed E-state index contributed by atoms with van der Waals surface area (Å²) in [6.45, 7) is 7.62. The van der Waals surface area contributed by atoms with Crippen LogP contribution in [0.15, 0.2) is 11.6 Å². The highest BCUT2D eigenvalue weighted by molar-refractivity contribution is 5.83. The highest BCUT2D eigenvalue weighted by atomic mass is 15.0. The Morgan fingerprint density at radius 1 is 1.60 bits per heavy atom. The van der Waals surface area contributed by atoms with E-state index in [-0.39, 0.29) is 0 Å². The van der Waals surface area contributed by atoms with Crippen molar-refractivity contribution in [3.05, 3.63) is 23.8 Å². The van der Waals surface area contributed by atoms with E-state index in [0.717, 1.165) is 17.2 Å².